The molecule has 134 valence electrons. The minimum atomic E-state index is -0.660. The molecule has 0 aliphatic rings. The van der Waals surface area contributed by atoms with Crippen molar-refractivity contribution in [3.05, 3.63) is 71.6 Å². The highest BCUT2D eigenvalue weighted by molar-refractivity contribution is 7.99. The van der Waals surface area contributed by atoms with Gasteiger partial charge < -0.3 is 9.15 Å². The molecule has 0 fully saturated rings. The molecule has 5 nitrogen and oxygen atoms in total. The third-order valence-electron chi connectivity index (χ3n) is 3.38. The maximum atomic E-state index is 13.6. The summed E-state index contributed by atoms with van der Waals surface area (Å²) in [6.45, 7) is 1.65. The first-order valence-corrected chi connectivity index (χ1v) is 8.67. The van der Waals surface area contributed by atoms with Crippen molar-refractivity contribution in [3.63, 3.8) is 0 Å². The average molecular weight is 376 g/mol. The van der Waals surface area contributed by atoms with E-state index in [0.29, 0.717) is 0 Å². The molecule has 3 rings (SSSR count). The number of nitrogens with zero attached hydrogens (tertiary/aromatic N) is 2. The van der Waals surface area contributed by atoms with E-state index < -0.39 is 17.7 Å². The summed E-state index contributed by atoms with van der Waals surface area (Å²) >= 11 is 1.04. The maximum absolute atomic E-state index is 13.6. The van der Waals surface area contributed by atoms with E-state index in [2.05, 4.69) is 10.2 Å². The highest BCUT2D eigenvalue weighted by Crippen LogP contribution is 2.26. The lowest BCUT2D eigenvalue weighted by atomic mass is 10.1. The molecule has 0 unspecified atom stereocenters. The Bertz CT molecular complexity index is 917. The molecule has 0 N–H and O–H groups in total. The summed E-state index contributed by atoms with van der Waals surface area (Å²) in [7, 11) is 0. The quantitative estimate of drug-likeness (QED) is 0.448. The largest absolute Gasteiger partial charge is 0.478 e. The molecule has 0 radical (unpaired) electrons. The second-order valence-electron chi connectivity index (χ2n) is 5.32. The number of thioether (sulfide) groups is 1. The summed E-state index contributed by atoms with van der Waals surface area (Å²) in [6.07, 6.45) is -0.660. The van der Waals surface area contributed by atoms with Crippen molar-refractivity contribution in [2.45, 2.75) is 18.3 Å². The van der Waals surface area contributed by atoms with Crippen molar-refractivity contribution in [1.29, 1.82) is 0 Å². The van der Waals surface area contributed by atoms with Crippen molar-refractivity contribution in [2.24, 2.45) is 0 Å². The molecular weight excluding hydrogens is 362 g/mol. The van der Waals surface area contributed by atoms with Crippen LogP contribution in [0, 0.1) is 11.6 Å². The fourth-order valence-electron chi connectivity index (χ4n) is 2.10. The normalized spacial score (nSPS) is 12.0. The lowest BCUT2D eigenvalue weighted by Gasteiger charge is -2.11. The number of benzene rings is 2. The minimum Gasteiger partial charge on any atom is -0.478 e. The van der Waals surface area contributed by atoms with Gasteiger partial charge in [0.05, 0.1) is 5.75 Å². The van der Waals surface area contributed by atoms with E-state index in [1.165, 1.54) is 36.4 Å². The molecule has 0 saturated heterocycles. The number of ketones is 1. The van der Waals surface area contributed by atoms with Gasteiger partial charge >= 0.3 is 0 Å². The fraction of sp³-hybridized carbons (Fsp3) is 0.167. The van der Waals surface area contributed by atoms with Gasteiger partial charge in [-0.05, 0) is 31.2 Å². The van der Waals surface area contributed by atoms with Crippen molar-refractivity contribution in [1.82, 2.24) is 10.2 Å². The number of rotatable bonds is 7. The van der Waals surface area contributed by atoms with Crippen LogP contribution < -0.4 is 4.74 Å². The number of carbonyl (C=O) groups is 1. The molecule has 0 saturated carbocycles. The fourth-order valence-corrected chi connectivity index (χ4v) is 2.76. The van der Waals surface area contributed by atoms with E-state index in [4.69, 9.17) is 9.15 Å². The van der Waals surface area contributed by atoms with Crippen LogP contribution >= 0.6 is 11.8 Å². The molecule has 1 atom stereocenters. The third-order valence-corrected chi connectivity index (χ3v) is 4.20. The maximum Gasteiger partial charge on any atom is 0.277 e. The average Bonchev–Trinajstić information content (AvgIpc) is 3.11. The number of carbonyl (C=O) groups excluding carboxylic acids is 1. The van der Waals surface area contributed by atoms with E-state index in [-0.39, 0.29) is 34.0 Å². The highest BCUT2D eigenvalue weighted by Gasteiger charge is 2.18. The van der Waals surface area contributed by atoms with Crippen LogP contribution in [-0.2, 0) is 0 Å². The van der Waals surface area contributed by atoms with Crippen molar-refractivity contribution in [2.75, 3.05) is 5.75 Å². The lowest BCUT2D eigenvalue weighted by molar-refractivity contribution is 0.102. The first-order chi connectivity index (χ1) is 12.5. The molecule has 26 heavy (non-hydrogen) atoms. The summed E-state index contributed by atoms with van der Waals surface area (Å²) < 4.78 is 37.7. The minimum absolute atomic E-state index is 0.0215. The number of aromatic nitrogens is 2. The molecule has 0 amide bonds. The summed E-state index contributed by atoms with van der Waals surface area (Å²) in [4.78, 5) is 12.0. The zero-order chi connectivity index (χ0) is 18.5. The first kappa shape index (κ1) is 18.1. The summed E-state index contributed by atoms with van der Waals surface area (Å²) in [6, 6.07) is 11.4. The Hall–Kier alpha value is -2.74. The van der Waals surface area contributed by atoms with Crippen LogP contribution in [0.3, 0.4) is 0 Å². The Morgan fingerprint density at radius 2 is 2.00 bits per heavy atom. The standard InChI is InChI=1S/C18H14F2N2O3S/c1-11(24-16-8-3-2-7-14(16)20)17-21-22-18(25-17)26-10-15(23)12-5-4-6-13(19)9-12/h2-9,11H,10H2,1H3/t11-/m0/s1. The Labute approximate surface area is 152 Å². The van der Waals surface area contributed by atoms with E-state index in [1.54, 1.807) is 19.1 Å². The molecule has 1 heterocycles. The topological polar surface area (TPSA) is 65.2 Å². The van der Waals surface area contributed by atoms with Gasteiger partial charge in [0.1, 0.15) is 5.82 Å². The predicted octanol–water partition coefficient (Wildman–Crippen LogP) is 4.46. The zero-order valence-electron chi connectivity index (χ0n) is 13.7. The Kier molecular flexibility index (Phi) is 5.62. The van der Waals surface area contributed by atoms with E-state index in [1.807, 2.05) is 0 Å². The zero-order valence-corrected chi connectivity index (χ0v) is 14.5. The van der Waals surface area contributed by atoms with Gasteiger partial charge in [0.2, 0.25) is 0 Å². The van der Waals surface area contributed by atoms with Crippen LogP contribution in [0.5, 0.6) is 5.75 Å². The van der Waals surface area contributed by atoms with Crippen LogP contribution in [-0.4, -0.2) is 21.7 Å². The van der Waals surface area contributed by atoms with Crippen molar-refractivity contribution < 1.29 is 22.7 Å². The molecule has 3 aromatic rings. The number of para-hydroxylation sites is 1. The van der Waals surface area contributed by atoms with Gasteiger partial charge in [-0.25, -0.2) is 8.78 Å². The van der Waals surface area contributed by atoms with Gasteiger partial charge in [0.25, 0.3) is 11.1 Å². The third kappa shape index (κ3) is 4.45. The Morgan fingerprint density at radius 1 is 1.19 bits per heavy atom. The van der Waals surface area contributed by atoms with Crippen molar-refractivity contribution >= 4 is 17.5 Å². The van der Waals surface area contributed by atoms with Gasteiger partial charge in [-0.2, -0.15) is 0 Å². The monoisotopic (exact) mass is 376 g/mol. The SMILES string of the molecule is C[C@H](Oc1ccccc1F)c1nnc(SCC(=O)c2cccc(F)c2)o1. The highest BCUT2D eigenvalue weighted by atomic mass is 32.2. The van der Waals surface area contributed by atoms with Crippen LogP contribution in [0.15, 0.2) is 58.2 Å². The summed E-state index contributed by atoms with van der Waals surface area (Å²) in [5, 5.41) is 7.86. The lowest BCUT2D eigenvalue weighted by Crippen LogP contribution is -2.04. The van der Waals surface area contributed by atoms with Crippen LogP contribution in [0.2, 0.25) is 0 Å². The van der Waals surface area contributed by atoms with Crippen molar-refractivity contribution in [3.8, 4) is 5.75 Å². The summed E-state index contributed by atoms with van der Waals surface area (Å²) in [5.74, 6) is -0.963. The molecular formula is C18H14F2N2O3S. The smallest absolute Gasteiger partial charge is 0.277 e. The van der Waals surface area contributed by atoms with Crippen LogP contribution in [0.4, 0.5) is 8.78 Å². The summed E-state index contributed by atoms with van der Waals surface area (Å²) in [5.41, 5.74) is 0.272. The Balaban J connectivity index is 1.59. The second kappa shape index (κ2) is 8.09. The van der Waals surface area contributed by atoms with Gasteiger partial charge in [-0.3, -0.25) is 4.79 Å². The molecule has 1 aromatic heterocycles. The van der Waals surface area contributed by atoms with Gasteiger partial charge in [-0.15, -0.1) is 10.2 Å². The Morgan fingerprint density at radius 3 is 2.77 bits per heavy atom. The van der Waals surface area contributed by atoms with E-state index in [0.717, 1.165) is 11.8 Å². The number of hydrogen-bond donors (Lipinski definition) is 0. The molecule has 0 spiro atoms. The van der Waals surface area contributed by atoms with Gasteiger partial charge in [0, 0.05) is 5.56 Å². The number of Topliss-reactive ketones (excluding diaryl/α,β-unsaturated/α-hetero) is 1. The second-order valence-corrected chi connectivity index (χ2v) is 6.25. The van der Waals surface area contributed by atoms with Gasteiger partial charge in [0.15, 0.2) is 23.5 Å². The predicted molar refractivity (Wildman–Crippen MR) is 91.2 cm³/mol. The molecule has 8 heteroatoms. The molecule has 0 aliphatic carbocycles. The number of hydrogen-bond acceptors (Lipinski definition) is 6. The van der Waals surface area contributed by atoms with E-state index >= 15 is 0 Å². The first-order valence-electron chi connectivity index (χ1n) is 7.69. The van der Waals surface area contributed by atoms with E-state index in [9.17, 15) is 13.6 Å². The van der Waals surface area contributed by atoms with Crippen LogP contribution in [0.1, 0.15) is 29.3 Å². The van der Waals surface area contributed by atoms with Crippen LogP contribution in [0.25, 0.3) is 0 Å². The molecule has 2 aromatic carbocycles. The van der Waals surface area contributed by atoms with Gasteiger partial charge in [-0.1, -0.05) is 36.0 Å². The number of halogens is 2. The molecule has 0 bridgehead atoms. The molecule has 0 aliphatic heterocycles. The number of ether oxygens (including phenoxy) is 1.